The third-order valence-electron chi connectivity index (χ3n) is 6.43. The molecule has 1 saturated heterocycles. The highest BCUT2D eigenvalue weighted by Crippen LogP contribution is 2.46. The van der Waals surface area contributed by atoms with Gasteiger partial charge in [-0.05, 0) is 44.1 Å². The Labute approximate surface area is 169 Å². The lowest BCUT2D eigenvalue weighted by Gasteiger charge is -2.40. The summed E-state index contributed by atoms with van der Waals surface area (Å²) in [5.74, 6) is 1.41. The number of nitrogen functional groups attached to an aromatic ring is 2. The van der Waals surface area contributed by atoms with Crippen LogP contribution in [0.4, 0.5) is 17.6 Å². The second-order valence-electron chi connectivity index (χ2n) is 8.11. The second-order valence-corrected chi connectivity index (χ2v) is 9.16. The van der Waals surface area contributed by atoms with Gasteiger partial charge in [0.1, 0.15) is 16.5 Å². The minimum absolute atomic E-state index is 0.122. The van der Waals surface area contributed by atoms with E-state index in [1.165, 1.54) is 50.3 Å². The SMILES string of the molecule is Cc1c(Sc2c(N)nc(N3CCC4(CCCC4)CC3)n(C)c2=O)ccnc1N. The monoisotopic (exact) mass is 400 g/mol. The van der Waals surface area contributed by atoms with Crippen molar-refractivity contribution < 1.29 is 0 Å². The zero-order chi connectivity index (χ0) is 19.9. The zero-order valence-electron chi connectivity index (χ0n) is 16.6. The molecule has 2 aromatic heterocycles. The minimum atomic E-state index is -0.122. The minimum Gasteiger partial charge on any atom is -0.383 e. The molecule has 0 bridgehead atoms. The van der Waals surface area contributed by atoms with Crippen molar-refractivity contribution in [1.82, 2.24) is 14.5 Å². The van der Waals surface area contributed by atoms with Crippen LogP contribution in [0.5, 0.6) is 0 Å². The topological polar surface area (TPSA) is 103 Å². The van der Waals surface area contributed by atoms with Gasteiger partial charge in [0.2, 0.25) is 5.95 Å². The smallest absolute Gasteiger partial charge is 0.270 e. The van der Waals surface area contributed by atoms with Gasteiger partial charge in [0.25, 0.3) is 5.56 Å². The molecule has 2 aliphatic rings. The van der Waals surface area contributed by atoms with Crippen molar-refractivity contribution in [3.63, 3.8) is 0 Å². The second kappa shape index (κ2) is 7.31. The van der Waals surface area contributed by atoms with Gasteiger partial charge in [0.05, 0.1) is 0 Å². The molecule has 0 atom stereocenters. The summed E-state index contributed by atoms with van der Waals surface area (Å²) in [6.07, 6.45) is 9.39. The van der Waals surface area contributed by atoms with E-state index in [0.29, 0.717) is 22.1 Å². The lowest BCUT2D eigenvalue weighted by molar-refractivity contribution is 0.225. The van der Waals surface area contributed by atoms with Crippen molar-refractivity contribution in [3.8, 4) is 0 Å². The normalized spacial score (nSPS) is 18.7. The van der Waals surface area contributed by atoms with Crippen molar-refractivity contribution in [2.75, 3.05) is 29.5 Å². The number of nitrogens with zero attached hydrogens (tertiary/aromatic N) is 4. The maximum atomic E-state index is 13.1. The molecule has 2 aromatic rings. The molecule has 1 aliphatic carbocycles. The van der Waals surface area contributed by atoms with Crippen LogP contribution in [0.25, 0.3) is 0 Å². The Bertz CT molecular complexity index is 940. The molecule has 150 valence electrons. The van der Waals surface area contributed by atoms with Gasteiger partial charge in [-0.1, -0.05) is 24.6 Å². The van der Waals surface area contributed by atoms with Crippen LogP contribution in [0.15, 0.2) is 26.8 Å². The predicted octanol–water partition coefficient (Wildman–Crippen LogP) is 2.96. The number of rotatable bonds is 3. The van der Waals surface area contributed by atoms with Gasteiger partial charge in [0.15, 0.2) is 0 Å². The first-order valence-electron chi connectivity index (χ1n) is 9.91. The fourth-order valence-electron chi connectivity index (χ4n) is 4.52. The summed E-state index contributed by atoms with van der Waals surface area (Å²) in [4.78, 5) is 25.3. The van der Waals surface area contributed by atoms with Crippen molar-refractivity contribution in [1.29, 1.82) is 0 Å². The van der Waals surface area contributed by atoms with Gasteiger partial charge in [-0.25, -0.2) is 4.98 Å². The number of aromatic nitrogens is 3. The molecule has 0 radical (unpaired) electrons. The Morgan fingerprint density at radius 1 is 1.11 bits per heavy atom. The molecule has 2 fully saturated rings. The summed E-state index contributed by atoms with van der Waals surface area (Å²) in [6.45, 7) is 3.76. The number of hydrogen-bond donors (Lipinski definition) is 2. The first kappa shape index (κ1) is 19.1. The third kappa shape index (κ3) is 3.34. The van der Waals surface area contributed by atoms with Crippen LogP contribution in [0.3, 0.4) is 0 Å². The van der Waals surface area contributed by atoms with Gasteiger partial charge in [0, 0.05) is 36.8 Å². The van der Waals surface area contributed by atoms with Crippen LogP contribution >= 0.6 is 11.8 Å². The molecule has 7 nitrogen and oxygen atoms in total. The summed E-state index contributed by atoms with van der Waals surface area (Å²) in [5, 5.41) is 0. The fraction of sp³-hybridized carbons (Fsp3) is 0.550. The Balaban J connectivity index is 1.60. The number of hydrogen-bond acceptors (Lipinski definition) is 7. The van der Waals surface area contributed by atoms with Crippen molar-refractivity contribution in [2.45, 2.75) is 55.2 Å². The van der Waals surface area contributed by atoms with E-state index in [0.717, 1.165) is 23.5 Å². The molecule has 0 unspecified atom stereocenters. The molecule has 1 spiro atoms. The largest absolute Gasteiger partial charge is 0.383 e. The van der Waals surface area contributed by atoms with Crippen molar-refractivity contribution >= 4 is 29.3 Å². The van der Waals surface area contributed by atoms with Gasteiger partial charge >= 0.3 is 0 Å². The van der Waals surface area contributed by atoms with Crippen LogP contribution in [0.2, 0.25) is 0 Å². The van der Waals surface area contributed by atoms with E-state index in [-0.39, 0.29) is 11.4 Å². The average Bonchev–Trinajstić information content (AvgIpc) is 3.14. The molecule has 3 heterocycles. The molecule has 0 aromatic carbocycles. The molecule has 4 rings (SSSR count). The summed E-state index contributed by atoms with van der Waals surface area (Å²) in [5.41, 5.74) is 13.4. The van der Waals surface area contributed by atoms with Gasteiger partial charge < -0.3 is 16.4 Å². The van der Waals surface area contributed by atoms with E-state index < -0.39 is 0 Å². The third-order valence-corrected chi connectivity index (χ3v) is 7.68. The Morgan fingerprint density at radius 2 is 1.79 bits per heavy atom. The number of nitrogens with two attached hydrogens (primary N) is 2. The van der Waals surface area contributed by atoms with Gasteiger partial charge in [-0.3, -0.25) is 9.36 Å². The van der Waals surface area contributed by atoms with Crippen LogP contribution < -0.4 is 21.9 Å². The standard InChI is InChI=1S/C20H28N6OS/c1-13-14(5-10-23-16(13)21)28-15-17(22)24-19(25(2)18(15)27)26-11-8-20(9-12-26)6-3-4-7-20/h5,10H,3-4,6-9,11-12,22H2,1-2H3,(H2,21,23). The lowest BCUT2D eigenvalue weighted by atomic mass is 9.77. The zero-order valence-corrected chi connectivity index (χ0v) is 17.4. The summed E-state index contributed by atoms with van der Waals surface area (Å²) >= 11 is 1.31. The summed E-state index contributed by atoms with van der Waals surface area (Å²) in [7, 11) is 1.78. The number of pyridine rings is 1. The quantitative estimate of drug-likeness (QED) is 0.816. The van der Waals surface area contributed by atoms with E-state index in [9.17, 15) is 4.79 Å². The van der Waals surface area contributed by atoms with E-state index in [1.54, 1.807) is 17.8 Å². The molecule has 28 heavy (non-hydrogen) atoms. The summed E-state index contributed by atoms with van der Waals surface area (Å²) in [6, 6.07) is 1.84. The highest BCUT2D eigenvalue weighted by Gasteiger charge is 2.37. The van der Waals surface area contributed by atoms with Crippen molar-refractivity contribution in [3.05, 3.63) is 28.2 Å². The van der Waals surface area contributed by atoms with E-state index in [4.69, 9.17) is 11.5 Å². The molecular formula is C20H28N6OS. The molecule has 8 heteroatoms. The van der Waals surface area contributed by atoms with Crippen LogP contribution in [0, 0.1) is 12.3 Å². The maximum absolute atomic E-state index is 13.1. The number of anilines is 3. The predicted molar refractivity (Wildman–Crippen MR) is 114 cm³/mol. The molecule has 1 saturated carbocycles. The maximum Gasteiger partial charge on any atom is 0.270 e. The van der Waals surface area contributed by atoms with E-state index in [1.807, 2.05) is 13.0 Å². The highest BCUT2D eigenvalue weighted by atomic mass is 32.2. The molecular weight excluding hydrogens is 372 g/mol. The Hall–Kier alpha value is -2.22. The first-order chi connectivity index (χ1) is 13.4. The van der Waals surface area contributed by atoms with Crippen LogP contribution in [-0.2, 0) is 7.05 Å². The Morgan fingerprint density at radius 3 is 2.46 bits per heavy atom. The lowest BCUT2D eigenvalue weighted by Crippen LogP contribution is -2.42. The first-order valence-corrected chi connectivity index (χ1v) is 10.7. The molecule has 4 N–H and O–H groups in total. The van der Waals surface area contributed by atoms with Crippen molar-refractivity contribution in [2.24, 2.45) is 12.5 Å². The number of piperidine rings is 1. The molecule has 0 amide bonds. The fourth-order valence-corrected chi connectivity index (χ4v) is 5.51. The summed E-state index contributed by atoms with van der Waals surface area (Å²) < 4.78 is 1.63. The van der Waals surface area contributed by atoms with Gasteiger partial charge in [-0.15, -0.1) is 0 Å². The van der Waals surface area contributed by atoms with E-state index in [2.05, 4.69) is 14.9 Å². The molecule has 1 aliphatic heterocycles. The highest BCUT2D eigenvalue weighted by molar-refractivity contribution is 7.99. The van der Waals surface area contributed by atoms with Gasteiger partial charge in [-0.2, -0.15) is 4.98 Å². The Kier molecular flexibility index (Phi) is 4.99. The van der Waals surface area contributed by atoms with Crippen LogP contribution in [-0.4, -0.2) is 27.6 Å². The van der Waals surface area contributed by atoms with E-state index >= 15 is 0 Å². The average molecular weight is 401 g/mol. The van der Waals surface area contributed by atoms with Crippen LogP contribution in [0.1, 0.15) is 44.1 Å².